The van der Waals surface area contributed by atoms with E-state index in [-0.39, 0.29) is 5.91 Å². The lowest BCUT2D eigenvalue weighted by atomic mass is 10.0. The van der Waals surface area contributed by atoms with Gasteiger partial charge < -0.3 is 10.0 Å². The number of hydrogen-bond donors (Lipinski definition) is 1. The topological polar surface area (TPSA) is 43.8 Å². The van der Waals surface area contributed by atoms with Gasteiger partial charge in [-0.25, -0.2) is 0 Å². The van der Waals surface area contributed by atoms with E-state index in [4.69, 9.17) is 0 Å². The van der Waals surface area contributed by atoms with E-state index in [0.29, 0.717) is 12.6 Å². The first kappa shape index (κ1) is 17.9. The fourth-order valence-corrected chi connectivity index (χ4v) is 4.71. The molecule has 2 atom stereocenters. The summed E-state index contributed by atoms with van der Waals surface area (Å²) in [5.74, 6) is 0.284. The molecule has 1 aromatic rings. The van der Waals surface area contributed by atoms with Gasteiger partial charge in [0.05, 0.1) is 12.6 Å². The summed E-state index contributed by atoms with van der Waals surface area (Å²) in [6.07, 6.45) is 8.58. The van der Waals surface area contributed by atoms with Gasteiger partial charge >= 0.3 is 0 Å². The highest BCUT2D eigenvalue weighted by molar-refractivity contribution is 7.10. The van der Waals surface area contributed by atoms with Crippen molar-refractivity contribution in [2.75, 3.05) is 26.2 Å². The van der Waals surface area contributed by atoms with E-state index in [0.717, 1.165) is 50.2 Å². The average molecular weight is 351 g/mol. The van der Waals surface area contributed by atoms with Crippen LogP contribution in [-0.4, -0.2) is 53.0 Å². The molecule has 2 fully saturated rings. The Morgan fingerprint density at radius 2 is 1.92 bits per heavy atom. The van der Waals surface area contributed by atoms with E-state index >= 15 is 0 Å². The molecule has 4 nitrogen and oxygen atoms in total. The maximum atomic E-state index is 12.7. The zero-order chi connectivity index (χ0) is 16.8. The van der Waals surface area contributed by atoms with Crippen molar-refractivity contribution in [3.05, 3.63) is 22.4 Å². The first-order valence-corrected chi connectivity index (χ1v) is 10.4. The second-order valence-electron chi connectivity index (χ2n) is 7.18. The van der Waals surface area contributed by atoms with Crippen LogP contribution in [0.1, 0.15) is 62.3 Å². The Morgan fingerprint density at radius 3 is 2.67 bits per heavy atom. The molecule has 0 spiro atoms. The third kappa shape index (κ3) is 4.80. The van der Waals surface area contributed by atoms with Gasteiger partial charge in [-0.2, -0.15) is 0 Å². The molecule has 0 saturated carbocycles. The van der Waals surface area contributed by atoms with Crippen molar-refractivity contribution in [2.24, 2.45) is 0 Å². The molecule has 0 unspecified atom stereocenters. The molecule has 2 aliphatic heterocycles. The van der Waals surface area contributed by atoms with Crippen molar-refractivity contribution in [2.45, 2.75) is 63.5 Å². The van der Waals surface area contributed by atoms with Crippen LogP contribution in [0.4, 0.5) is 0 Å². The van der Waals surface area contributed by atoms with Gasteiger partial charge in [-0.15, -0.1) is 11.3 Å². The van der Waals surface area contributed by atoms with E-state index in [1.54, 1.807) is 11.3 Å². The first-order valence-electron chi connectivity index (χ1n) is 9.47. The predicted octanol–water partition coefficient (Wildman–Crippen LogP) is 3.43. The van der Waals surface area contributed by atoms with E-state index in [1.165, 1.54) is 25.7 Å². The third-order valence-electron chi connectivity index (χ3n) is 5.41. The Kier molecular flexibility index (Phi) is 6.69. The number of aliphatic hydroxyl groups excluding tert-OH is 1. The minimum atomic E-state index is -0.402. The summed E-state index contributed by atoms with van der Waals surface area (Å²) in [4.78, 5) is 18.1. The van der Waals surface area contributed by atoms with Gasteiger partial charge in [0.15, 0.2) is 0 Å². The Balaban J connectivity index is 1.60. The Morgan fingerprint density at radius 1 is 1.17 bits per heavy atom. The average Bonchev–Trinajstić information content (AvgIpc) is 3.07. The van der Waals surface area contributed by atoms with Crippen LogP contribution < -0.4 is 0 Å². The third-order valence-corrected chi connectivity index (χ3v) is 6.39. The second-order valence-corrected chi connectivity index (χ2v) is 8.16. The fourth-order valence-electron chi connectivity index (χ4n) is 3.98. The lowest BCUT2D eigenvalue weighted by Crippen LogP contribution is -2.46. The highest BCUT2D eigenvalue weighted by atomic mass is 32.1. The summed E-state index contributed by atoms with van der Waals surface area (Å²) < 4.78 is 0. The molecule has 0 aromatic carbocycles. The molecule has 1 amide bonds. The Labute approximate surface area is 149 Å². The van der Waals surface area contributed by atoms with E-state index in [1.807, 2.05) is 22.4 Å². The second kappa shape index (κ2) is 8.97. The fraction of sp³-hybridized carbons (Fsp3) is 0.737. The number of carbonyl (C=O) groups is 1. The lowest BCUT2D eigenvalue weighted by Gasteiger charge is -2.34. The van der Waals surface area contributed by atoms with Crippen LogP contribution in [0.2, 0.25) is 0 Å². The molecule has 1 aromatic heterocycles. The van der Waals surface area contributed by atoms with Gasteiger partial charge in [0.1, 0.15) is 0 Å². The Hall–Kier alpha value is -0.910. The highest BCUT2D eigenvalue weighted by Gasteiger charge is 2.28. The van der Waals surface area contributed by atoms with E-state index < -0.39 is 6.10 Å². The van der Waals surface area contributed by atoms with Crippen molar-refractivity contribution in [3.63, 3.8) is 0 Å². The molecule has 2 aliphatic rings. The zero-order valence-corrected chi connectivity index (χ0v) is 15.3. The molecule has 0 bridgehead atoms. The maximum absolute atomic E-state index is 12.7. The van der Waals surface area contributed by atoms with Crippen LogP contribution in [0.5, 0.6) is 0 Å². The van der Waals surface area contributed by atoms with Gasteiger partial charge in [-0.1, -0.05) is 18.9 Å². The summed E-state index contributed by atoms with van der Waals surface area (Å²) in [5.41, 5.74) is 0. The molecule has 24 heavy (non-hydrogen) atoms. The molecule has 0 radical (unpaired) electrons. The van der Waals surface area contributed by atoms with Gasteiger partial charge in [0.25, 0.3) is 0 Å². The molecule has 3 rings (SSSR count). The monoisotopic (exact) mass is 350 g/mol. The molecular weight excluding hydrogens is 320 g/mol. The summed E-state index contributed by atoms with van der Waals surface area (Å²) in [6, 6.07) is 4.32. The Bertz CT molecular complexity index is 499. The lowest BCUT2D eigenvalue weighted by molar-refractivity contribution is -0.134. The van der Waals surface area contributed by atoms with Crippen LogP contribution in [0, 0.1) is 0 Å². The number of amides is 1. The molecule has 2 saturated heterocycles. The van der Waals surface area contributed by atoms with Crippen molar-refractivity contribution < 1.29 is 9.90 Å². The maximum Gasteiger partial charge on any atom is 0.236 e. The number of aliphatic hydroxyl groups is 1. The zero-order valence-electron chi connectivity index (χ0n) is 14.5. The van der Waals surface area contributed by atoms with E-state index in [2.05, 4.69) is 4.90 Å². The smallest absolute Gasteiger partial charge is 0.236 e. The van der Waals surface area contributed by atoms with Crippen molar-refractivity contribution in [1.82, 2.24) is 9.80 Å². The first-order chi connectivity index (χ1) is 11.7. The van der Waals surface area contributed by atoms with Crippen molar-refractivity contribution in [1.29, 1.82) is 0 Å². The molecule has 3 heterocycles. The standard InChI is InChI=1S/C19H30N2O2S/c22-17(18-9-7-13-24-18)14-16-8-3-1-4-12-21(16)15-19(23)20-10-5-2-6-11-20/h7,9,13,16-17,22H,1-6,8,10-12,14-15H2/t16-,17+/m0/s1. The summed E-state index contributed by atoms with van der Waals surface area (Å²) >= 11 is 1.62. The number of thiophene rings is 1. The molecular formula is C19H30N2O2S. The summed E-state index contributed by atoms with van der Waals surface area (Å²) in [6.45, 7) is 3.37. The van der Waals surface area contributed by atoms with Gasteiger partial charge in [0.2, 0.25) is 5.91 Å². The largest absolute Gasteiger partial charge is 0.388 e. The number of piperidine rings is 1. The van der Waals surface area contributed by atoms with Gasteiger partial charge in [-0.3, -0.25) is 9.69 Å². The number of hydrogen-bond acceptors (Lipinski definition) is 4. The van der Waals surface area contributed by atoms with Crippen LogP contribution in [0.25, 0.3) is 0 Å². The SMILES string of the molecule is O=C(CN1CCCCC[C@H]1C[C@@H](O)c1cccs1)N1CCCCC1. The highest BCUT2D eigenvalue weighted by Crippen LogP contribution is 2.28. The quantitative estimate of drug-likeness (QED) is 0.885. The van der Waals surface area contributed by atoms with Crippen molar-refractivity contribution >= 4 is 17.2 Å². The summed E-state index contributed by atoms with van der Waals surface area (Å²) in [7, 11) is 0. The minimum Gasteiger partial charge on any atom is -0.388 e. The van der Waals surface area contributed by atoms with Gasteiger partial charge in [-0.05, 0) is 56.5 Å². The molecule has 1 N–H and O–H groups in total. The van der Waals surface area contributed by atoms with Crippen LogP contribution >= 0.6 is 11.3 Å². The number of carbonyl (C=O) groups excluding carboxylic acids is 1. The number of nitrogens with zero attached hydrogens (tertiary/aromatic N) is 2. The molecule has 134 valence electrons. The van der Waals surface area contributed by atoms with Gasteiger partial charge in [0, 0.05) is 24.0 Å². The van der Waals surface area contributed by atoms with E-state index in [9.17, 15) is 9.90 Å². The number of likely N-dealkylation sites (tertiary alicyclic amines) is 2. The normalized spacial score (nSPS) is 24.5. The predicted molar refractivity (Wildman–Crippen MR) is 98.2 cm³/mol. The summed E-state index contributed by atoms with van der Waals surface area (Å²) in [5, 5.41) is 12.6. The van der Waals surface area contributed by atoms with Crippen LogP contribution in [-0.2, 0) is 4.79 Å². The number of rotatable bonds is 5. The minimum absolute atomic E-state index is 0.284. The van der Waals surface area contributed by atoms with Crippen LogP contribution in [0.15, 0.2) is 17.5 Å². The molecule has 0 aliphatic carbocycles. The van der Waals surface area contributed by atoms with Crippen molar-refractivity contribution in [3.8, 4) is 0 Å². The van der Waals surface area contributed by atoms with Crippen LogP contribution in [0.3, 0.4) is 0 Å². The molecule has 5 heteroatoms.